The lowest BCUT2D eigenvalue weighted by atomic mass is 10.3. The van der Waals surface area contributed by atoms with E-state index in [-0.39, 0.29) is 17.8 Å². The summed E-state index contributed by atoms with van der Waals surface area (Å²) < 4.78 is 12.9. The fraction of sp³-hybridized carbons (Fsp3) is 0.364. The van der Waals surface area contributed by atoms with Gasteiger partial charge in [0.2, 0.25) is 12.4 Å². The molecular weight excluding hydrogens is 225 g/mol. The summed E-state index contributed by atoms with van der Waals surface area (Å²) in [6.07, 6.45) is 1.77. The van der Waals surface area contributed by atoms with Gasteiger partial charge in [-0.25, -0.2) is 4.98 Å². The third-order valence-electron chi connectivity index (χ3n) is 2.71. The smallest absolute Gasteiger partial charge is 0.274 e. The molecule has 6 heteroatoms. The second-order valence-corrected chi connectivity index (χ2v) is 3.79. The highest BCUT2D eigenvalue weighted by Gasteiger charge is 2.29. The van der Waals surface area contributed by atoms with Crippen molar-refractivity contribution in [3.05, 3.63) is 29.8 Å². The van der Waals surface area contributed by atoms with Gasteiger partial charge < -0.3 is 10.2 Å². The van der Waals surface area contributed by atoms with Crippen molar-refractivity contribution in [2.45, 2.75) is 19.0 Å². The van der Waals surface area contributed by atoms with E-state index < -0.39 is 5.95 Å². The van der Waals surface area contributed by atoms with Crippen LogP contribution in [0.2, 0.25) is 0 Å². The summed E-state index contributed by atoms with van der Waals surface area (Å²) >= 11 is 0. The van der Waals surface area contributed by atoms with Crippen LogP contribution in [0.3, 0.4) is 0 Å². The minimum atomic E-state index is -0.685. The molecule has 0 spiro atoms. The molecule has 1 aliphatic rings. The van der Waals surface area contributed by atoms with E-state index in [1.54, 1.807) is 0 Å². The molecule has 1 fully saturated rings. The molecule has 90 valence electrons. The van der Waals surface area contributed by atoms with Crippen LogP contribution in [0.25, 0.3) is 0 Å². The Kier molecular flexibility index (Phi) is 3.32. The lowest BCUT2D eigenvalue weighted by molar-refractivity contribution is -0.110. The second kappa shape index (κ2) is 4.90. The van der Waals surface area contributed by atoms with Gasteiger partial charge in [0.1, 0.15) is 11.9 Å². The predicted molar refractivity (Wildman–Crippen MR) is 57.5 cm³/mol. The van der Waals surface area contributed by atoms with Gasteiger partial charge in [0, 0.05) is 6.54 Å². The number of nitrogens with one attached hydrogen (secondary N) is 1. The van der Waals surface area contributed by atoms with E-state index in [0.717, 1.165) is 6.42 Å². The zero-order chi connectivity index (χ0) is 12.3. The summed E-state index contributed by atoms with van der Waals surface area (Å²) in [7, 11) is 0. The van der Waals surface area contributed by atoms with Gasteiger partial charge in [-0.2, -0.15) is 4.39 Å². The Labute approximate surface area is 97.6 Å². The van der Waals surface area contributed by atoms with Crippen molar-refractivity contribution in [3.8, 4) is 0 Å². The number of halogens is 1. The third-order valence-corrected chi connectivity index (χ3v) is 2.71. The van der Waals surface area contributed by atoms with Gasteiger partial charge in [0.25, 0.3) is 5.91 Å². The molecule has 17 heavy (non-hydrogen) atoms. The van der Waals surface area contributed by atoms with E-state index in [9.17, 15) is 14.0 Å². The highest BCUT2D eigenvalue weighted by Crippen LogP contribution is 2.17. The summed E-state index contributed by atoms with van der Waals surface area (Å²) in [4.78, 5) is 27.5. The summed E-state index contributed by atoms with van der Waals surface area (Å²) in [6, 6.07) is 4.08. The molecule has 1 aliphatic heterocycles. The number of likely N-dealkylation sites (tertiary alicyclic amines) is 1. The van der Waals surface area contributed by atoms with Crippen LogP contribution in [0.15, 0.2) is 18.2 Å². The average Bonchev–Trinajstić information content (AvgIpc) is 2.77. The Hall–Kier alpha value is -1.98. The SMILES string of the molecule is O=CNC1CCCN1C(=O)c1cccc(F)n1. The van der Waals surface area contributed by atoms with Crippen molar-refractivity contribution in [3.63, 3.8) is 0 Å². The van der Waals surface area contributed by atoms with Crippen LogP contribution in [0, 0.1) is 5.95 Å². The van der Waals surface area contributed by atoms with Crippen molar-refractivity contribution >= 4 is 12.3 Å². The van der Waals surface area contributed by atoms with Crippen LogP contribution in [0.4, 0.5) is 4.39 Å². The molecule has 1 saturated heterocycles. The van der Waals surface area contributed by atoms with Gasteiger partial charge >= 0.3 is 0 Å². The molecule has 0 aromatic carbocycles. The molecule has 0 bridgehead atoms. The van der Waals surface area contributed by atoms with Crippen LogP contribution in [-0.4, -0.2) is 34.9 Å². The number of carbonyl (C=O) groups is 2. The van der Waals surface area contributed by atoms with Gasteiger partial charge in [0.05, 0.1) is 0 Å². The first-order chi connectivity index (χ1) is 8.22. The number of nitrogens with zero attached hydrogens (tertiary/aromatic N) is 2. The molecule has 0 radical (unpaired) electrons. The fourth-order valence-electron chi connectivity index (χ4n) is 1.94. The summed E-state index contributed by atoms with van der Waals surface area (Å²) in [5.74, 6) is -1.05. The van der Waals surface area contributed by atoms with Gasteiger partial charge in [-0.3, -0.25) is 9.59 Å². The molecule has 2 heterocycles. The Morgan fingerprint density at radius 3 is 3.12 bits per heavy atom. The van der Waals surface area contributed by atoms with Crippen molar-refractivity contribution in [2.24, 2.45) is 0 Å². The highest BCUT2D eigenvalue weighted by molar-refractivity contribution is 5.92. The molecule has 2 rings (SSSR count). The monoisotopic (exact) mass is 237 g/mol. The molecule has 1 unspecified atom stereocenters. The van der Waals surface area contributed by atoms with Crippen molar-refractivity contribution in [1.82, 2.24) is 15.2 Å². The van der Waals surface area contributed by atoms with E-state index in [1.165, 1.54) is 23.1 Å². The van der Waals surface area contributed by atoms with Gasteiger partial charge in [-0.1, -0.05) is 6.07 Å². The minimum absolute atomic E-state index is 0.0598. The molecule has 1 aromatic rings. The molecule has 1 aromatic heterocycles. The fourth-order valence-corrected chi connectivity index (χ4v) is 1.94. The molecule has 2 amide bonds. The Morgan fingerprint density at radius 2 is 2.41 bits per heavy atom. The molecular formula is C11H12FN3O2. The van der Waals surface area contributed by atoms with E-state index in [2.05, 4.69) is 10.3 Å². The second-order valence-electron chi connectivity index (χ2n) is 3.79. The van der Waals surface area contributed by atoms with Crippen molar-refractivity contribution < 1.29 is 14.0 Å². The lowest BCUT2D eigenvalue weighted by Crippen LogP contribution is -2.44. The van der Waals surface area contributed by atoms with E-state index in [1.807, 2.05) is 0 Å². The quantitative estimate of drug-likeness (QED) is 0.616. The number of amides is 2. The number of hydrogen-bond donors (Lipinski definition) is 1. The van der Waals surface area contributed by atoms with E-state index in [0.29, 0.717) is 19.4 Å². The molecule has 0 aliphatic carbocycles. The van der Waals surface area contributed by atoms with Gasteiger partial charge in [0.15, 0.2) is 0 Å². The van der Waals surface area contributed by atoms with Crippen molar-refractivity contribution in [2.75, 3.05) is 6.54 Å². The summed E-state index contributed by atoms with van der Waals surface area (Å²) in [5, 5.41) is 2.56. The van der Waals surface area contributed by atoms with E-state index >= 15 is 0 Å². The number of rotatable bonds is 3. The Bertz CT molecular complexity index is 438. The Morgan fingerprint density at radius 1 is 1.59 bits per heavy atom. The first-order valence-electron chi connectivity index (χ1n) is 5.35. The lowest BCUT2D eigenvalue weighted by Gasteiger charge is -2.23. The first-order valence-corrected chi connectivity index (χ1v) is 5.35. The zero-order valence-corrected chi connectivity index (χ0v) is 9.10. The van der Waals surface area contributed by atoms with Gasteiger partial charge in [-0.05, 0) is 25.0 Å². The summed E-state index contributed by atoms with van der Waals surface area (Å²) in [6.45, 7) is 0.544. The molecule has 1 N–H and O–H groups in total. The summed E-state index contributed by atoms with van der Waals surface area (Å²) in [5.41, 5.74) is 0.0598. The number of pyridine rings is 1. The third kappa shape index (κ3) is 2.41. The molecule has 5 nitrogen and oxygen atoms in total. The Balaban J connectivity index is 2.16. The highest BCUT2D eigenvalue weighted by atomic mass is 19.1. The normalized spacial score (nSPS) is 19.1. The topological polar surface area (TPSA) is 62.3 Å². The van der Waals surface area contributed by atoms with Gasteiger partial charge in [-0.15, -0.1) is 0 Å². The molecule has 1 atom stereocenters. The number of aromatic nitrogens is 1. The maximum Gasteiger partial charge on any atom is 0.274 e. The molecule has 0 saturated carbocycles. The average molecular weight is 237 g/mol. The van der Waals surface area contributed by atoms with Crippen LogP contribution in [0.1, 0.15) is 23.3 Å². The number of hydrogen-bond acceptors (Lipinski definition) is 3. The first kappa shape index (κ1) is 11.5. The zero-order valence-electron chi connectivity index (χ0n) is 9.10. The maximum atomic E-state index is 12.9. The largest absolute Gasteiger partial charge is 0.338 e. The maximum absolute atomic E-state index is 12.9. The minimum Gasteiger partial charge on any atom is -0.338 e. The van der Waals surface area contributed by atoms with E-state index in [4.69, 9.17) is 0 Å². The van der Waals surface area contributed by atoms with Crippen molar-refractivity contribution in [1.29, 1.82) is 0 Å². The van der Waals surface area contributed by atoms with Crippen LogP contribution >= 0.6 is 0 Å². The predicted octanol–water partition coefficient (Wildman–Crippen LogP) is 0.529. The number of carbonyl (C=O) groups excluding carboxylic acids is 2. The van der Waals surface area contributed by atoms with Crippen LogP contribution < -0.4 is 5.32 Å². The van der Waals surface area contributed by atoms with Crippen LogP contribution in [0.5, 0.6) is 0 Å². The standard InChI is InChI=1S/C11H12FN3O2/c12-9-4-1-3-8(14-9)11(17)15-6-2-5-10(15)13-7-16/h1,3-4,7,10H,2,5-6H2,(H,13,16). The van der Waals surface area contributed by atoms with Crippen LogP contribution in [-0.2, 0) is 4.79 Å².